The molecule has 0 radical (unpaired) electrons. The minimum atomic E-state index is -3.81. The third-order valence-corrected chi connectivity index (χ3v) is 6.24. The number of benzene rings is 1. The van der Waals surface area contributed by atoms with Gasteiger partial charge in [0.2, 0.25) is 21.8 Å². The number of urea groups is 1. The smallest absolute Gasteiger partial charge is 0.325 e. The first-order valence-corrected chi connectivity index (χ1v) is 11.0. The summed E-state index contributed by atoms with van der Waals surface area (Å²) >= 11 is 0. The van der Waals surface area contributed by atoms with E-state index in [1.807, 2.05) is 0 Å². The van der Waals surface area contributed by atoms with Crippen LogP contribution >= 0.6 is 0 Å². The van der Waals surface area contributed by atoms with E-state index in [-0.39, 0.29) is 42.3 Å². The van der Waals surface area contributed by atoms with E-state index in [2.05, 4.69) is 20.2 Å². The maximum Gasteiger partial charge on any atom is 0.325 e. The van der Waals surface area contributed by atoms with Crippen molar-refractivity contribution in [1.82, 2.24) is 25.1 Å². The molecule has 3 amide bonds. The molecule has 160 valence electrons. The molecule has 12 heteroatoms. The second kappa shape index (κ2) is 8.40. The van der Waals surface area contributed by atoms with Gasteiger partial charge in [-0.15, -0.1) is 0 Å². The molecular weight excluding hydrogens is 414 g/mol. The molecule has 1 saturated heterocycles. The monoisotopic (exact) mass is 435 g/mol. The number of nitrogens with one attached hydrogen (secondary N) is 2. The molecule has 30 heavy (non-hydrogen) atoms. The minimum absolute atomic E-state index is 0.0438. The molecule has 1 aromatic carbocycles. The van der Waals surface area contributed by atoms with Crippen molar-refractivity contribution in [3.05, 3.63) is 36.0 Å². The van der Waals surface area contributed by atoms with Crippen LogP contribution < -0.4 is 14.8 Å². The Morgan fingerprint density at radius 3 is 2.80 bits per heavy atom. The van der Waals surface area contributed by atoms with Crippen molar-refractivity contribution in [2.45, 2.75) is 49.8 Å². The highest BCUT2D eigenvalue weighted by Gasteiger charge is 2.28. The molecule has 0 atom stereocenters. The molecule has 11 nitrogen and oxygen atoms in total. The van der Waals surface area contributed by atoms with E-state index in [1.54, 1.807) is 12.1 Å². The number of aromatic nitrogens is 2. The highest BCUT2D eigenvalue weighted by Crippen LogP contribution is 2.25. The first kappa shape index (κ1) is 20.3. The summed E-state index contributed by atoms with van der Waals surface area (Å²) in [5, 5.41) is 5.84. The van der Waals surface area contributed by atoms with Gasteiger partial charge in [-0.2, -0.15) is 4.98 Å². The SMILES string of the molecule is O=C1CN(Cc2nc(CNS(=O)(=O)c3cccc(OC4CCCC4)c3)no2)C(=O)N1. The van der Waals surface area contributed by atoms with Crippen LogP contribution in [0.15, 0.2) is 33.7 Å². The number of amides is 3. The zero-order chi connectivity index (χ0) is 21.1. The van der Waals surface area contributed by atoms with Crippen molar-refractivity contribution in [3.63, 3.8) is 0 Å². The Labute approximate surface area is 172 Å². The molecule has 2 aliphatic rings. The number of nitrogens with zero attached hydrogens (tertiary/aromatic N) is 3. The van der Waals surface area contributed by atoms with Gasteiger partial charge < -0.3 is 14.2 Å². The molecule has 2 fully saturated rings. The molecule has 0 spiro atoms. The second-order valence-corrected chi connectivity index (χ2v) is 8.90. The van der Waals surface area contributed by atoms with E-state index in [0.717, 1.165) is 25.7 Å². The van der Waals surface area contributed by atoms with Crippen LogP contribution in [0.4, 0.5) is 4.79 Å². The zero-order valence-electron chi connectivity index (χ0n) is 16.0. The Hall–Kier alpha value is -2.99. The fraction of sp³-hybridized carbons (Fsp3) is 0.444. The van der Waals surface area contributed by atoms with Crippen molar-refractivity contribution in [2.24, 2.45) is 0 Å². The van der Waals surface area contributed by atoms with Gasteiger partial charge in [0.15, 0.2) is 5.82 Å². The molecule has 1 aliphatic carbocycles. The van der Waals surface area contributed by atoms with Gasteiger partial charge in [0.05, 0.1) is 17.5 Å². The average molecular weight is 435 g/mol. The van der Waals surface area contributed by atoms with Crippen molar-refractivity contribution in [3.8, 4) is 5.75 Å². The molecule has 0 unspecified atom stereocenters. The Bertz CT molecular complexity index is 1050. The lowest BCUT2D eigenvalue weighted by Crippen LogP contribution is -2.28. The van der Waals surface area contributed by atoms with Crippen molar-refractivity contribution in [1.29, 1.82) is 0 Å². The Balaban J connectivity index is 1.35. The maximum atomic E-state index is 12.6. The molecule has 1 aliphatic heterocycles. The summed E-state index contributed by atoms with van der Waals surface area (Å²) < 4.78 is 38.5. The molecule has 4 rings (SSSR count). The summed E-state index contributed by atoms with van der Waals surface area (Å²) in [7, 11) is -3.81. The van der Waals surface area contributed by atoms with Crippen molar-refractivity contribution >= 4 is 22.0 Å². The topological polar surface area (TPSA) is 144 Å². The van der Waals surface area contributed by atoms with Gasteiger partial charge in [-0.1, -0.05) is 11.2 Å². The molecule has 2 N–H and O–H groups in total. The summed E-state index contributed by atoms with van der Waals surface area (Å²) in [6.07, 6.45) is 4.32. The number of carbonyl (C=O) groups is 2. The molecule has 2 aromatic rings. The number of hydrogen-bond acceptors (Lipinski definition) is 8. The molecule has 0 bridgehead atoms. The fourth-order valence-corrected chi connectivity index (χ4v) is 4.37. The Morgan fingerprint density at radius 1 is 1.27 bits per heavy atom. The van der Waals surface area contributed by atoms with Gasteiger partial charge in [-0.25, -0.2) is 17.9 Å². The number of imide groups is 1. The van der Waals surface area contributed by atoms with Gasteiger partial charge in [0.1, 0.15) is 18.8 Å². The summed E-state index contributed by atoms with van der Waals surface area (Å²) in [5.41, 5.74) is 0. The van der Waals surface area contributed by atoms with Crippen LogP contribution in [0.3, 0.4) is 0 Å². The predicted octanol–water partition coefficient (Wildman–Crippen LogP) is 0.921. The normalized spacial score (nSPS) is 17.5. The number of carbonyl (C=O) groups excluding carboxylic acids is 2. The van der Waals surface area contributed by atoms with Gasteiger partial charge in [-0.3, -0.25) is 10.1 Å². The van der Waals surface area contributed by atoms with Crippen LogP contribution in [0.25, 0.3) is 0 Å². The van der Waals surface area contributed by atoms with Crippen LogP contribution in [0, 0.1) is 0 Å². The summed E-state index contributed by atoms with van der Waals surface area (Å²) in [6.45, 7) is -0.328. The van der Waals surface area contributed by atoms with E-state index in [4.69, 9.17) is 9.26 Å². The van der Waals surface area contributed by atoms with E-state index >= 15 is 0 Å². The molecule has 2 heterocycles. The lowest BCUT2D eigenvalue weighted by molar-refractivity contribution is -0.118. The summed E-state index contributed by atoms with van der Waals surface area (Å²) in [6, 6.07) is 5.80. The molecular formula is C18H21N5O6S. The third kappa shape index (κ3) is 4.76. The summed E-state index contributed by atoms with van der Waals surface area (Å²) in [4.78, 5) is 28.1. The van der Waals surface area contributed by atoms with E-state index < -0.39 is 22.0 Å². The third-order valence-electron chi connectivity index (χ3n) is 4.85. The molecule has 1 saturated carbocycles. The quantitative estimate of drug-likeness (QED) is 0.583. The number of hydrogen-bond donors (Lipinski definition) is 2. The van der Waals surface area contributed by atoms with Gasteiger partial charge >= 0.3 is 6.03 Å². The number of sulfonamides is 1. The lowest BCUT2D eigenvalue weighted by atomic mass is 10.3. The first-order chi connectivity index (χ1) is 14.4. The largest absolute Gasteiger partial charge is 0.490 e. The van der Waals surface area contributed by atoms with Crippen LogP contribution in [-0.2, 0) is 27.9 Å². The maximum absolute atomic E-state index is 12.6. The summed E-state index contributed by atoms with van der Waals surface area (Å²) in [5.74, 6) is 0.315. The minimum Gasteiger partial charge on any atom is -0.490 e. The standard InChI is InChI=1S/C18H21N5O6S/c24-16-10-23(18(25)21-16)11-17-20-15(22-29-17)9-19-30(26,27)14-7-3-6-13(8-14)28-12-4-1-2-5-12/h3,6-8,12,19H,1-2,4-5,9-11H2,(H,21,24,25). The van der Waals surface area contributed by atoms with E-state index in [9.17, 15) is 18.0 Å². The highest BCUT2D eigenvalue weighted by atomic mass is 32.2. The Kier molecular flexibility index (Phi) is 5.68. The van der Waals surface area contributed by atoms with Crippen molar-refractivity contribution in [2.75, 3.05) is 6.54 Å². The first-order valence-electron chi connectivity index (χ1n) is 9.56. The fourth-order valence-electron chi connectivity index (χ4n) is 3.36. The van der Waals surface area contributed by atoms with Gasteiger partial charge in [-0.05, 0) is 37.8 Å². The highest BCUT2D eigenvalue weighted by molar-refractivity contribution is 7.89. The number of ether oxygens (including phenoxy) is 1. The van der Waals surface area contributed by atoms with Crippen molar-refractivity contribution < 1.29 is 27.3 Å². The number of rotatable bonds is 8. The van der Waals surface area contributed by atoms with Crippen LogP contribution in [0.2, 0.25) is 0 Å². The second-order valence-electron chi connectivity index (χ2n) is 7.14. The van der Waals surface area contributed by atoms with Crippen LogP contribution in [0.1, 0.15) is 37.4 Å². The van der Waals surface area contributed by atoms with Gasteiger partial charge in [0.25, 0.3) is 0 Å². The zero-order valence-corrected chi connectivity index (χ0v) is 16.9. The van der Waals surface area contributed by atoms with Gasteiger partial charge in [0, 0.05) is 6.07 Å². The van der Waals surface area contributed by atoms with Crippen LogP contribution in [-0.4, -0.2) is 48.0 Å². The average Bonchev–Trinajstić information content (AvgIpc) is 3.44. The van der Waals surface area contributed by atoms with Crippen LogP contribution in [0.5, 0.6) is 5.75 Å². The van der Waals surface area contributed by atoms with E-state index in [1.165, 1.54) is 17.0 Å². The predicted molar refractivity (Wildman–Crippen MR) is 102 cm³/mol. The molecule has 1 aromatic heterocycles. The lowest BCUT2D eigenvalue weighted by Gasteiger charge is -2.14. The van der Waals surface area contributed by atoms with E-state index in [0.29, 0.717) is 5.75 Å². The Morgan fingerprint density at radius 2 is 2.07 bits per heavy atom.